The maximum atomic E-state index is 11.3. The van der Waals surface area contributed by atoms with Crippen LogP contribution < -0.4 is 0 Å². The van der Waals surface area contributed by atoms with Gasteiger partial charge in [0.2, 0.25) is 0 Å². The molecule has 2 aromatic carbocycles. The van der Waals surface area contributed by atoms with Gasteiger partial charge in [-0.15, -0.1) is 5.06 Å². The fourth-order valence-electron chi connectivity index (χ4n) is 2.28. The van der Waals surface area contributed by atoms with Gasteiger partial charge in [0.1, 0.15) is 5.37 Å². The Balaban J connectivity index is 1.95. The summed E-state index contributed by atoms with van der Waals surface area (Å²) >= 11 is 1.71. The number of rotatable bonds is 2. The van der Waals surface area contributed by atoms with Crippen LogP contribution in [-0.4, -0.2) is 11.0 Å². The number of thioether (sulfide) groups is 1. The molecule has 1 aliphatic heterocycles. The maximum absolute atomic E-state index is 11.3. The highest BCUT2D eigenvalue weighted by Crippen LogP contribution is 2.44. The largest absolute Gasteiger partial charge is 0.367 e. The average molecular weight is 285 g/mol. The van der Waals surface area contributed by atoms with E-state index in [4.69, 9.17) is 4.84 Å². The predicted octanol–water partition coefficient (Wildman–Crippen LogP) is 3.77. The molecular formula is C16H15NO2S. The van der Waals surface area contributed by atoms with Crippen molar-refractivity contribution in [2.24, 2.45) is 0 Å². The second kappa shape index (κ2) is 5.69. The van der Waals surface area contributed by atoms with Gasteiger partial charge in [0, 0.05) is 11.8 Å². The number of nitrogens with zero attached hydrogens (tertiary/aromatic N) is 1. The van der Waals surface area contributed by atoms with E-state index < -0.39 is 0 Å². The third-order valence-electron chi connectivity index (χ3n) is 3.13. The first-order valence-corrected chi connectivity index (χ1v) is 7.36. The van der Waals surface area contributed by atoms with Crippen molar-refractivity contribution in [3.8, 4) is 0 Å². The lowest BCUT2D eigenvalue weighted by Gasteiger charge is -2.34. The van der Waals surface area contributed by atoms with Crippen LogP contribution in [0.2, 0.25) is 0 Å². The lowest BCUT2D eigenvalue weighted by atomic mass is 10.2. The van der Waals surface area contributed by atoms with Crippen LogP contribution in [0.1, 0.15) is 23.4 Å². The minimum absolute atomic E-state index is 0.00463. The maximum Gasteiger partial charge on any atom is 0.322 e. The summed E-state index contributed by atoms with van der Waals surface area (Å²) in [6.07, 6.45) is 0. The van der Waals surface area contributed by atoms with Crippen LogP contribution in [0.3, 0.4) is 0 Å². The van der Waals surface area contributed by atoms with Gasteiger partial charge in [-0.3, -0.25) is 4.79 Å². The lowest BCUT2D eigenvalue weighted by molar-refractivity contribution is -0.196. The van der Waals surface area contributed by atoms with Gasteiger partial charge >= 0.3 is 5.97 Å². The number of benzene rings is 2. The Morgan fingerprint density at radius 1 is 1.15 bits per heavy atom. The van der Waals surface area contributed by atoms with Crippen LogP contribution in [-0.2, 0) is 16.2 Å². The van der Waals surface area contributed by atoms with E-state index in [2.05, 4.69) is 24.3 Å². The average Bonchev–Trinajstić information content (AvgIpc) is 2.47. The molecule has 0 aromatic heterocycles. The summed E-state index contributed by atoms with van der Waals surface area (Å²) in [7, 11) is 0. The molecule has 1 unspecified atom stereocenters. The molecule has 102 valence electrons. The lowest BCUT2D eigenvalue weighted by Crippen LogP contribution is -2.31. The monoisotopic (exact) mass is 285 g/mol. The highest BCUT2D eigenvalue weighted by molar-refractivity contribution is 7.99. The molecule has 0 N–H and O–H groups in total. The van der Waals surface area contributed by atoms with Gasteiger partial charge in [-0.1, -0.05) is 60.3 Å². The number of hydrogen-bond donors (Lipinski definition) is 0. The van der Waals surface area contributed by atoms with Gasteiger partial charge in [0.05, 0.1) is 6.54 Å². The van der Waals surface area contributed by atoms with Gasteiger partial charge in [-0.05, 0) is 17.2 Å². The number of hydroxylamine groups is 2. The van der Waals surface area contributed by atoms with E-state index in [9.17, 15) is 4.79 Å². The van der Waals surface area contributed by atoms with Crippen LogP contribution in [0.25, 0.3) is 0 Å². The van der Waals surface area contributed by atoms with E-state index in [1.165, 1.54) is 17.4 Å². The smallest absolute Gasteiger partial charge is 0.322 e. The van der Waals surface area contributed by atoms with Gasteiger partial charge in [-0.2, -0.15) is 0 Å². The normalized spacial score (nSPS) is 18.4. The second-order valence-electron chi connectivity index (χ2n) is 4.65. The van der Waals surface area contributed by atoms with Gasteiger partial charge < -0.3 is 4.84 Å². The predicted molar refractivity (Wildman–Crippen MR) is 78.8 cm³/mol. The molecule has 3 nitrogen and oxygen atoms in total. The molecular weight excluding hydrogens is 270 g/mol. The first kappa shape index (κ1) is 13.2. The number of carbonyl (C=O) groups excluding carboxylic acids is 1. The Labute approximate surface area is 122 Å². The third-order valence-corrected chi connectivity index (χ3v) is 4.51. The van der Waals surface area contributed by atoms with Crippen molar-refractivity contribution in [3.63, 3.8) is 0 Å². The Morgan fingerprint density at radius 3 is 2.60 bits per heavy atom. The molecule has 0 saturated carbocycles. The van der Waals surface area contributed by atoms with E-state index in [0.717, 1.165) is 5.56 Å². The Morgan fingerprint density at radius 2 is 1.85 bits per heavy atom. The molecule has 0 amide bonds. The first-order valence-electron chi connectivity index (χ1n) is 6.49. The van der Waals surface area contributed by atoms with E-state index >= 15 is 0 Å². The van der Waals surface area contributed by atoms with Crippen molar-refractivity contribution in [1.29, 1.82) is 0 Å². The fourth-order valence-corrected chi connectivity index (χ4v) is 3.49. The summed E-state index contributed by atoms with van der Waals surface area (Å²) in [6, 6.07) is 18.3. The van der Waals surface area contributed by atoms with Crippen LogP contribution in [0.5, 0.6) is 0 Å². The molecule has 0 radical (unpaired) electrons. The highest BCUT2D eigenvalue weighted by Gasteiger charge is 2.30. The van der Waals surface area contributed by atoms with Gasteiger partial charge in [-0.25, -0.2) is 0 Å². The summed E-state index contributed by atoms with van der Waals surface area (Å²) in [5.41, 5.74) is 2.32. The Kier molecular flexibility index (Phi) is 3.76. The van der Waals surface area contributed by atoms with Crippen LogP contribution in [0.4, 0.5) is 0 Å². The van der Waals surface area contributed by atoms with Crippen molar-refractivity contribution in [1.82, 2.24) is 5.06 Å². The van der Waals surface area contributed by atoms with Gasteiger partial charge in [0.15, 0.2) is 0 Å². The Hall–Kier alpha value is -1.78. The van der Waals surface area contributed by atoms with Crippen molar-refractivity contribution in [2.45, 2.75) is 23.7 Å². The van der Waals surface area contributed by atoms with E-state index in [1.807, 2.05) is 30.3 Å². The quantitative estimate of drug-likeness (QED) is 0.840. The second-order valence-corrected chi connectivity index (χ2v) is 5.77. The first-order chi connectivity index (χ1) is 9.74. The standard InChI is InChI=1S/C16H15NO2S/c1-12(18)19-17-11-14-9-5-6-10-15(14)20-16(17)13-7-3-2-4-8-13/h2-10,16H,11H2,1H3. The molecule has 4 heteroatoms. The molecule has 0 spiro atoms. The van der Waals surface area contributed by atoms with Crippen molar-refractivity contribution >= 4 is 17.7 Å². The summed E-state index contributed by atoms with van der Waals surface area (Å²) in [5.74, 6) is -0.286. The third kappa shape index (κ3) is 2.71. The van der Waals surface area contributed by atoms with E-state index in [-0.39, 0.29) is 11.3 Å². The summed E-state index contributed by atoms with van der Waals surface area (Å²) in [4.78, 5) is 18.0. The molecule has 0 aliphatic carbocycles. The molecule has 3 rings (SSSR count). The zero-order valence-electron chi connectivity index (χ0n) is 11.2. The summed E-state index contributed by atoms with van der Waals surface area (Å²) in [5, 5.41) is 1.75. The minimum Gasteiger partial charge on any atom is -0.367 e. The SMILES string of the molecule is CC(=O)ON1Cc2ccccc2SC1c1ccccc1. The fraction of sp³-hybridized carbons (Fsp3) is 0.188. The molecule has 0 bridgehead atoms. The van der Waals surface area contributed by atoms with Crippen molar-refractivity contribution in [3.05, 3.63) is 65.7 Å². The van der Waals surface area contributed by atoms with Crippen molar-refractivity contribution < 1.29 is 9.63 Å². The molecule has 20 heavy (non-hydrogen) atoms. The van der Waals surface area contributed by atoms with Crippen LogP contribution in [0, 0.1) is 0 Å². The van der Waals surface area contributed by atoms with Crippen LogP contribution in [0.15, 0.2) is 59.5 Å². The van der Waals surface area contributed by atoms with E-state index in [0.29, 0.717) is 6.54 Å². The highest BCUT2D eigenvalue weighted by atomic mass is 32.2. The molecule has 0 fully saturated rings. The zero-order chi connectivity index (χ0) is 13.9. The summed E-state index contributed by atoms with van der Waals surface area (Å²) < 4.78 is 0. The Bertz CT molecular complexity index is 615. The van der Waals surface area contributed by atoms with E-state index in [1.54, 1.807) is 16.8 Å². The minimum atomic E-state index is -0.286. The van der Waals surface area contributed by atoms with Crippen molar-refractivity contribution in [2.75, 3.05) is 0 Å². The topological polar surface area (TPSA) is 29.5 Å². The van der Waals surface area contributed by atoms with Crippen LogP contribution >= 0.6 is 11.8 Å². The number of fused-ring (bicyclic) bond motifs is 1. The molecule has 2 aromatic rings. The number of hydrogen-bond acceptors (Lipinski definition) is 4. The molecule has 1 atom stereocenters. The molecule has 1 aliphatic rings. The molecule has 0 saturated heterocycles. The number of carbonyl (C=O) groups is 1. The molecule has 1 heterocycles. The summed E-state index contributed by atoms with van der Waals surface area (Å²) in [6.45, 7) is 2.05. The van der Waals surface area contributed by atoms with Gasteiger partial charge in [0.25, 0.3) is 0 Å². The zero-order valence-corrected chi connectivity index (χ0v) is 12.0.